The molecule has 0 amide bonds. The molecule has 0 atom stereocenters. The molecule has 0 aliphatic carbocycles. The highest BCUT2D eigenvalue weighted by atomic mass is 16.4. The fraction of sp³-hybridized carbons (Fsp3) is 0.148. The molecule has 0 saturated heterocycles. The van der Waals surface area contributed by atoms with E-state index in [0.29, 0.717) is 35.5 Å². The molecular formula is C27H23N3O2. The minimum Gasteiger partial charge on any atom is -0.441 e. The first-order valence-electron chi connectivity index (χ1n) is 10.7. The van der Waals surface area contributed by atoms with Crippen molar-refractivity contribution < 1.29 is 4.42 Å². The Morgan fingerprint density at radius 2 is 1.69 bits per heavy atom. The summed E-state index contributed by atoms with van der Waals surface area (Å²) in [5, 5.41) is 0.607. The van der Waals surface area contributed by atoms with Crippen molar-refractivity contribution in [2.45, 2.75) is 26.7 Å². The Labute approximate surface area is 186 Å². The number of hydrogen-bond acceptors (Lipinski definition) is 4. The maximum absolute atomic E-state index is 13.4. The van der Waals surface area contributed by atoms with Crippen LogP contribution in [-0.2, 0) is 12.8 Å². The van der Waals surface area contributed by atoms with Gasteiger partial charge in [0.2, 0.25) is 0 Å². The Hall–Kier alpha value is -3.99. The molecule has 0 aliphatic rings. The molecule has 2 heterocycles. The van der Waals surface area contributed by atoms with Crippen LogP contribution in [-0.4, -0.2) is 14.5 Å². The number of aryl methyl sites for hydroxylation is 4. The monoisotopic (exact) mass is 421 g/mol. The summed E-state index contributed by atoms with van der Waals surface area (Å²) < 4.78 is 7.69. The Morgan fingerprint density at radius 3 is 2.50 bits per heavy atom. The topological polar surface area (TPSA) is 60.9 Å². The average molecular weight is 422 g/mol. The average Bonchev–Trinajstić information content (AvgIpc) is 3.27. The third-order valence-corrected chi connectivity index (χ3v) is 5.56. The largest absolute Gasteiger partial charge is 0.441 e. The highest BCUT2D eigenvalue weighted by Crippen LogP contribution is 2.22. The van der Waals surface area contributed by atoms with Gasteiger partial charge in [-0.3, -0.25) is 9.36 Å². The molecule has 0 aliphatic heterocycles. The molecule has 0 N–H and O–H groups in total. The zero-order valence-electron chi connectivity index (χ0n) is 18.1. The highest BCUT2D eigenvalue weighted by molar-refractivity contribution is 5.77. The van der Waals surface area contributed by atoms with Crippen LogP contribution in [0.1, 0.15) is 22.8 Å². The van der Waals surface area contributed by atoms with Gasteiger partial charge in [0.1, 0.15) is 5.82 Å². The predicted molar refractivity (Wildman–Crippen MR) is 126 cm³/mol. The molecule has 2 aromatic heterocycles. The first-order valence-corrected chi connectivity index (χ1v) is 10.7. The summed E-state index contributed by atoms with van der Waals surface area (Å²) in [5.41, 5.74) is 4.73. The minimum absolute atomic E-state index is 0.0658. The Bertz CT molecular complexity index is 1460. The summed E-state index contributed by atoms with van der Waals surface area (Å²) in [7, 11) is 0. The molecule has 0 saturated carbocycles. The lowest BCUT2D eigenvalue weighted by atomic mass is 10.1. The van der Waals surface area contributed by atoms with Gasteiger partial charge in [-0.2, -0.15) is 0 Å². The molecule has 0 radical (unpaired) electrons. The van der Waals surface area contributed by atoms with Crippen molar-refractivity contribution >= 4 is 10.9 Å². The maximum atomic E-state index is 13.4. The zero-order chi connectivity index (χ0) is 22.1. The van der Waals surface area contributed by atoms with E-state index >= 15 is 0 Å². The van der Waals surface area contributed by atoms with Crippen molar-refractivity contribution in [3.63, 3.8) is 0 Å². The van der Waals surface area contributed by atoms with Crippen LogP contribution in [0.2, 0.25) is 0 Å². The number of rotatable bonds is 5. The number of benzene rings is 3. The van der Waals surface area contributed by atoms with Gasteiger partial charge < -0.3 is 4.42 Å². The van der Waals surface area contributed by atoms with E-state index in [1.165, 1.54) is 5.56 Å². The Morgan fingerprint density at radius 1 is 0.875 bits per heavy atom. The maximum Gasteiger partial charge on any atom is 0.265 e. The summed E-state index contributed by atoms with van der Waals surface area (Å²) in [6.07, 6.45) is 2.83. The fourth-order valence-corrected chi connectivity index (χ4v) is 3.88. The van der Waals surface area contributed by atoms with Crippen molar-refractivity contribution in [2.75, 3.05) is 0 Å². The number of aromatic nitrogens is 3. The first-order chi connectivity index (χ1) is 15.6. The highest BCUT2D eigenvalue weighted by Gasteiger charge is 2.14. The molecular weight excluding hydrogens is 398 g/mol. The first kappa shape index (κ1) is 19.9. The van der Waals surface area contributed by atoms with Gasteiger partial charge in [-0.1, -0.05) is 54.1 Å². The van der Waals surface area contributed by atoms with Crippen molar-refractivity contribution in [1.29, 1.82) is 0 Å². The van der Waals surface area contributed by atoms with Crippen molar-refractivity contribution in [3.05, 3.63) is 112 Å². The van der Waals surface area contributed by atoms with Crippen LogP contribution < -0.4 is 5.56 Å². The van der Waals surface area contributed by atoms with Crippen LogP contribution in [0, 0.1) is 13.8 Å². The lowest BCUT2D eigenvalue weighted by Gasteiger charge is -2.13. The number of hydrogen-bond donors (Lipinski definition) is 0. The summed E-state index contributed by atoms with van der Waals surface area (Å²) >= 11 is 0. The van der Waals surface area contributed by atoms with Crippen LogP contribution in [0.3, 0.4) is 0 Å². The molecule has 0 spiro atoms. The number of nitrogens with zero attached hydrogens (tertiary/aromatic N) is 3. The van der Waals surface area contributed by atoms with Crippen molar-refractivity contribution in [2.24, 2.45) is 0 Å². The molecule has 3 aromatic carbocycles. The van der Waals surface area contributed by atoms with Gasteiger partial charge in [0.05, 0.1) is 22.8 Å². The second-order valence-corrected chi connectivity index (χ2v) is 8.01. The van der Waals surface area contributed by atoms with E-state index in [0.717, 1.165) is 22.6 Å². The van der Waals surface area contributed by atoms with Gasteiger partial charge >= 0.3 is 0 Å². The van der Waals surface area contributed by atoms with Gasteiger partial charge in [0, 0.05) is 18.4 Å². The standard InChI is InChI=1S/C27H23N3O2/c1-18-10-12-20(13-11-18)24-17-28-26(32-24)15-14-25-29-23-9-4-3-8-22(23)27(31)30(25)21-7-5-6-19(2)16-21/h3-13,16-17H,14-15H2,1-2H3. The molecule has 0 unspecified atom stereocenters. The van der Waals surface area contributed by atoms with Crippen LogP contribution in [0.4, 0.5) is 0 Å². The van der Waals surface area contributed by atoms with Crippen LogP contribution >= 0.6 is 0 Å². The van der Waals surface area contributed by atoms with Gasteiger partial charge in [0.25, 0.3) is 5.56 Å². The SMILES string of the molecule is Cc1ccc(-c2cnc(CCc3nc4ccccc4c(=O)n3-c3cccc(C)c3)o2)cc1. The normalized spacial score (nSPS) is 11.2. The molecule has 5 heteroatoms. The molecule has 0 fully saturated rings. The van der Waals surface area contributed by atoms with E-state index in [2.05, 4.69) is 24.0 Å². The molecule has 5 aromatic rings. The van der Waals surface area contributed by atoms with Gasteiger partial charge in [0.15, 0.2) is 11.7 Å². The van der Waals surface area contributed by atoms with Crippen LogP contribution in [0.25, 0.3) is 27.9 Å². The van der Waals surface area contributed by atoms with Gasteiger partial charge in [-0.05, 0) is 43.7 Å². The van der Waals surface area contributed by atoms with E-state index in [1.54, 1.807) is 10.8 Å². The zero-order valence-corrected chi connectivity index (χ0v) is 18.1. The van der Waals surface area contributed by atoms with Crippen molar-refractivity contribution in [3.8, 4) is 17.0 Å². The van der Waals surface area contributed by atoms with Crippen LogP contribution in [0.5, 0.6) is 0 Å². The molecule has 32 heavy (non-hydrogen) atoms. The summed E-state index contributed by atoms with van der Waals surface area (Å²) in [5.74, 6) is 2.05. The quantitative estimate of drug-likeness (QED) is 0.379. The molecule has 0 bridgehead atoms. The minimum atomic E-state index is -0.0658. The van der Waals surface area contributed by atoms with E-state index in [-0.39, 0.29) is 5.56 Å². The predicted octanol–water partition coefficient (Wildman–Crippen LogP) is 5.44. The van der Waals surface area contributed by atoms with E-state index in [1.807, 2.05) is 67.6 Å². The van der Waals surface area contributed by atoms with E-state index < -0.39 is 0 Å². The van der Waals surface area contributed by atoms with E-state index in [9.17, 15) is 4.79 Å². The third kappa shape index (κ3) is 3.85. The Kier molecular flexibility index (Phi) is 5.15. The molecule has 158 valence electrons. The second-order valence-electron chi connectivity index (χ2n) is 8.01. The second kappa shape index (κ2) is 8.27. The number of para-hydroxylation sites is 1. The third-order valence-electron chi connectivity index (χ3n) is 5.56. The smallest absolute Gasteiger partial charge is 0.265 e. The van der Waals surface area contributed by atoms with Gasteiger partial charge in [-0.25, -0.2) is 9.97 Å². The van der Waals surface area contributed by atoms with Gasteiger partial charge in [-0.15, -0.1) is 0 Å². The van der Waals surface area contributed by atoms with Crippen molar-refractivity contribution in [1.82, 2.24) is 14.5 Å². The van der Waals surface area contributed by atoms with Crippen LogP contribution in [0.15, 0.2) is 88.2 Å². The van der Waals surface area contributed by atoms with E-state index in [4.69, 9.17) is 9.40 Å². The summed E-state index contributed by atoms with van der Waals surface area (Å²) in [4.78, 5) is 22.6. The number of fused-ring (bicyclic) bond motifs is 1. The molecule has 5 rings (SSSR count). The summed E-state index contributed by atoms with van der Waals surface area (Å²) in [6.45, 7) is 4.07. The number of oxazole rings is 1. The lowest BCUT2D eigenvalue weighted by molar-refractivity contribution is 0.501. The molecule has 5 nitrogen and oxygen atoms in total. The Balaban J connectivity index is 1.51. The lowest BCUT2D eigenvalue weighted by Crippen LogP contribution is -2.24. The fourth-order valence-electron chi connectivity index (χ4n) is 3.88. The summed E-state index contributed by atoms with van der Waals surface area (Å²) in [6, 6.07) is 23.5.